The molecule has 2 amide bonds. The second-order valence-electron chi connectivity index (χ2n) is 8.24. The highest BCUT2D eigenvalue weighted by Crippen LogP contribution is 2.26. The highest BCUT2D eigenvalue weighted by Gasteiger charge is 2.30. The van der Waals surface area contributed by atoms with Gasteiger partial charge in [-0.2, -0.15) is 0 Å². The molecular weight excluding hydrogens is 378 g/mol. The summed E-state index contributed by atoms with van der Waals surface area (Å²) < 4.78 is 6.03. The summed E-state index contributed by atoms with van der Waals surface area (Å²) in [7, 11) is 0. The predicted octanol–water partition coefficient (Wildman–Crippen LogP) is 4.16. The molecule has 2 heterocycles. The third kappa shape index (κ3) is 5.38. The van der Waals surface area contributed by atoms with Crippen LogP contribution in [0.15, 0.2) is 42.6 Å². The lowest BCUT2D eigenvalue weighted by Crippen LogP contribution is -2.46. The molecule has 1 N–H and O–H groups in total. The summed E-state index contributed by atoms with van der Waals surface area (Å²) >= 11 is 0. The van der Waals surface area contributed by atoms with Crippen LogP contribution in [0.4, 0.5) is 5.82 Å². The standard InChI is InChI=1S/C24H31N3O3/c1-16(2)20-9-8-17(3)21(15-20)30-18(4)24(29)27-13-10-19(11-14-27)23(28)26-22-7-5-6-12-25-22/h5-9,12,15-16,18-19H,10-11,13-14H2,1-4H3,(H,25,26,28). The van der Waals surface area contributed by atoms with Crippen LogP contribution in [-0.4, -0.2) is 40.9 Å². The maximum atomic E-state index is 12.9. The molecule has 1 atom stereocenters. The largest absolute Gasteiger partial charge is 0.481 e. The second kappa shape index (κ2) is 9.74. The molecule has 0 aliphatic carbocycles. The number of likely N-dealkylation sites (tertiary alicyclic amines) is 1. The molecule has 0 saturated carbocycles. The van der Waals surface area contributed by atoms with Gasteiger partial charge in [-0.15, -0.1) is 0 Å². The molecule has 2 aromatic rings. The lowest BCUT2D eigenvalue weighted by molar-refractivity contribution is -0.140. The van der Waals surface area contributed by atoms with Crippen molar-refractivity contribution in [2.75, 3.05) is 18.4 Å². The quantitative estimate of drug-likeness (QED) is 0.778. The number of amides is 2. The first-order valence-corrected chi connectivity index (χ1v) is 10.6. The number of hydrogen-bond donors (Lipinski definition) is 1. The van der Waals surface area contributed by atoms with Crippen molar-refractivity contribution in [1.29, 1.82) is 0 Å². The lowest BCUT2D eigenvalue weighted by Gasteiger charge is -2.33. The third-order valence-corrected chi connectivity index (χ3v) is 5.62. The Morgan fingerprint density at radius 1 is 1.13 bits per heavy atom. The van der Waals surface area contributed by atoms with E-state index in [9.17, 15) is 9.59 Å². The number of anilines is 1. The Balaban J connectivity index is 1.53. The first-order chi connectivity index (χ1) is 14.3. The number of benzene rings is 1. The van der Waals surface area contributed by atoms with E-state index >= 15 is 0 Å². The maximum absolute atomic E-state index is 12.9. The Labute approximate surface area is 178 Å². The van der Waals surface area contributed by atoms with Crippen molar-refractivity contribution in [2.45, 2.75) is 52.6 Å². The van der Waals surface area contributed by atoms with E-state index in [4.69, 9.17) is 4.74 Å². The Hall–Kier alpha value is -2.89. The number of hydrogen-bond acceptors (Lipinski definition) is 4. The van der Waals surface area contributed by atoms with Crippen molar-refractivity contribution in [1.82, 2.24) is 9.88 Å². The normalized spacial score (nSPS) is 15.7. The molecule has 1 saturated heterocycles. The topological polar surface area (TPSA) is 71.5 Å². The van der Waals surface area contributed by atoms with E-state index in [0.717, 1.165) is 11.3 Å². The van der Waals surface area contributed by atoms with Crippen molar-refractivity contribution >= 4 is 17.6 Å². The van der Waals surface area contributed by atoms with E-state index in [0.29, 0.717) is 37.7 Å². The molecule has 6 heteroatoms. The number of rotatable bonds is 6. The second-order valence-corrected chi connectivity index (χ2v) is 8.24. The Kier molecular flexibility index (Phi) is 7.08. The van der Waals surface area contributed by atoms with Crippen LogP contribution in [0.1, 0.15) is 50.7 Å². The molecule has 1 aromatic carbocycles. The van der Waals surface area contributed by atoms with Gasteiger partial charge in [0, 0.05) is 25.2 Å². The average Bonchev–Trinajstić information content (AvgIpc) is 2.75. The number of ether oxygens (including phenoxy) is 1. The molecule has 1 aliphatic rings. The van der Waals surface area contributed by atoms with E-state index in [2.05, 4.69) is 30.2 Å². The highest BCUT2D eigenvalue weighted by atomic mass is 16.5. The van der Waals surface area contributed by atoms with Crippen molar-refractivity contribution in [3.8, 4) is 5.75 Å². The fourth-order valence-electron chi connectivity index (χ4n) is 3.63. The van der Waals surface area contributed by atoms with E-state index in [-0.39, 0.29) is 17.7 Å². The minimum atomic E-state index is -0.565. The molecule has 0 bridgehead atoms. The van der Waals surface area contributed by atoms with Gasteiger partial charge in [-0.25, -0.2) is 4.98 Å². The van der Waals surface area contributed by atoms with Crippen molar-refractivity contribution in [3.63, 3.8) is 0 Å². The average molecular weight is 410 g/mol. The first-order valence-electron chi connectivity index (χ1n) is 10.6. The van der Waals surface area contributed by atoms with Gasteiger partial charge in [0.2, 0.25) is 5.91 Å². The summed E-state index contributed by atoms with van der Waals surface area (Å²) in [5, 5.41) is 2.85. The molecule has 1 aliphatic heterocycles. The number of nitrogens with zero attached hydrogens (tertiary/aromatic N) is 2. The number of nitrogens with one attached hydrogen (secondary N) is 1. The van der Waals surface area contributed by atoms with Crippen molar-refractivity contribution < 1.29 is 14.3 Å². The molecule has 0 radical (unpaired) electrons. The zero-order valence-electron chi connectivity index (χ0n) is 18.2. The van der Waals surface area contributed by atoms with Crippen LogP contribution in [-0.2, 0) is 9.59 Å². The smallest absolute Gasteiger partial charge is 0.263 e. The van der Waals surface area contributed by atoms with Gasteiger partial charge in [-0.1, -0.05) is 32.0 Å². The fraction of sp³-hybridized carbons (Fsp3) is 0.458. The monoisotopic (exact) mass is 409 g/mol. The molecule has 3 rings (SSSR count). The Morgan fingerprint density at radius 3 is 2.50 bits per heavy atom. The van der Waals surface area contributed by atoms with Crippen LogP contribution in [0.2, 0.25) is 0 Å². The van der Waals surface area contributed by atoms with Crippen LogP contribution in [0.3, 0.4) is 0 Å². The van der Waals surface area contributed by atoms with Crippen LogP contribution in [0, 0.1) is 12.8 Å². The van der Waals surface area contributed by atoms with Gasteiger partial charge in [0.05, 0.1) is 0 Å². The number of aryl methyl sites for hydroxylation is 1. The molecule has 6 nitrogen and oxygen atoms in total. The summed E-state index contributed by atoms with van der Waals surface area (Å²) in [6.07, 6.45) is 2.36. The van der Waals surface area contributed by atoms with E-state index < -0.39 is 6.10 Å². The number of aromatic nitrogens is 1. The summed E-state index contributed by atoms with van der Waals surface area (Å²) in [6, 6.07) is 11.6. The summed E-state index contributed by atoms with van der Waals surface area (Å²) in [5.41, 5.74) is 2.21. The molecule has 1 unspecified atom stereocenters. The molecule has 30 heavy (non-hydrogen) atoms. The van der Waals surface area contributed by atoms with Crippen LogP contribution in [0.5, 0.6) is 5.75 Å². The van der Waals surface area contributed by atoms with Crippen molar-refractivity contribution in [2.24, 2.45) is 5.92 Å². The maximum Gasteiger partial charge on any atom is 0.263 e. The zero-order chi connectivity index (χ0) is 21.7. The highest BCUT2D eigenvalue weighted by molar-refractivity contribution is 5.92. The van der Waals surface area contributed by atoms with Gasteiger partial charge in [-0.05, 0) is 61.9 Å². The van der Waals surface area contributed by atoms with E-state index in [1.54, 1.807) is 24.1 Å². The summed E-state index contributed by atoms with van der Waals surface area (Å²) in [4.78, 5) is 31.3. The van der Waals surface area contributed by atoms with Crippen LogP contribution in [0.25, 0.3) is 0 Å². The third-order valence-electron chi connectivity index (χ3n) is 5.62. The molecule has 1 fully saturated rings. The minimum absolute atomic E-state index is 0.0343. The zero-order valence-corrected chi connectivity index (χ0v) is 18.2. The van der Waals surface area contributed by atoms with Gasteiger partial charge < -0.3 is 15.0 Å². The summed E-state index contributed by atoms with van der Waals surface area (Å²) in [6.45, 7) is 9.16. The van der Waals surface area contributed by atoms with E-state index in [1.165, 1.54) is 5.56 Å². The van der Waals surface area contributed by atoms with Gasteiger partial charge in [0.25, 0.3) is 5.91 Å². The van der Waals surface area contributed by atoms with Crippen LogP contribution < -0.4 is 10.1 Å². The van der Waals surface area contributed by atoms with Crippen molar-refractivity contribution in [3.05, 3.63) is 53.7 Å². The first kappa shape index (κ1) is 21.8. The SMILES string of the molecule is Cc1ccc(C(C)C)cc1OC(C)C(=O)N1CCC(C(=O)Nc2ccccn2)CC1. The van der Waals surface area contributed by atoms with Gasteiger partial charge in [-0.3, -0.25) is 9.59 Å². The van der Waals surface area contributed by atoms with Gasteiger partial charge >= 0.3 is 0 Å². The molecular formula is C24H31N3O3. The fourth-order valence-corrected chi connectivity index (χ4v) is 3.63. The Bertz CT molecular complexity index is 875. The number of pyridine rings is 1. The van der Waals surface area contributed by atoms with Gasteiger partial charge in [0.1, 0.15) is 11.6 Å². The Morgan fingerprint density at radius 2 is 1.87 bits per heavy atom. The lowest BCUT2D eigenvalue weighted by atomic mass is 9.95. The molecule has 160 valence electrons. The van der Waals surface area contributed by atoms with E-state index in [1.807, 2.05) is 31.2 Å². The number of carbonyl (C=O) groups is 2. The molecule has 1 aromatic heterocycles. The van der Waals surface area contributed by atoms with Crippen LogP contribution >= 0.6 is 0 Å². The van der Waals surface area contributed by atoms with Gasteiger partial charge in [0.15, 0.2) is 6.10 Å². The minimum Gasteiger partial charge on any atom is -0.481 e. The predicted molar refractivity (Wildman–Crippen MR) is 118 cm³/mol. The number of carbonyl (C=O) groups excluding carboxylic acids is 2. The number of piperidine rings is 1. The summed E-state index contributed by atoms with van der Waals surface area (Å²) in [5.74, 6) is 1.53. The molecule has 0 spiro atoms.